The molecular formula is C15H15F3N2OS. The number of rotatable bonds is 2. The Morgan fingerprint density at radius 3 is 2.55 bits per heavy atom. The quantitative estimate of drug-likeness (QED) is 0.860. The zero-order valence-electron chi connectivity index (χ0n) is 12.1. The molecule has 0 saturated heterocycles. The first-order valence-electron chi connectivity index (χ1n) is 6.98. The molecule has 7 heteroatoms. The van der Waals surface area contributed by atoms with E-state index in [1.807, 2.05) is 13.8 Å². The van der Waals surface area contributed by atoms with Gasteiger partial charge in [0.05, 0.1) is 16.1 Å². The van der Waals surface area contributed by atoms with Crippen LogP contribution in [0.3, 0.4) is 0 Å². The number of hydrogen-bond donors (Lipinski definition) is 1. The number of thiazole rings is 1. The average molecular weight is 328 g/mol. The van der Waals surface area contributed by atoms with E-state index in [4.69, 9.17) is 10.5 Å². The average Bonchev–Trinajstić information content (AvgIpc) is 2.87. The molecule has 0 aliphatic carbocycles. The highest BCUT2D eigenvalue weighted by atomic mass is 32.1. The first-order valence-corrected chi connectivity index (χ1v) is 7.80. The van der Waals surface area contributed by atoms with Gasteiger partial charge >= 0.3 is 6.18 Å². The maximum atomic E-state index is 12.9. The zero-order valence-corrected chi connectivity index (χ0v) is 12.9. The molecule has 0 radical (unpaired) electrons. The molecule has 0 amide bonds. The summed E-state index contributed by atoms with van der Waals surface area (Å²) in [5.74, 6) is 0.219. The SMILES string of the molecule is CCC1(CC)Oc2cc(C(F)(F)F)ccc2-c2nc(N)sc21. The molecule has 2 N–H and O–H groups in total. The van der Waals surface area contributed by atoms with Crippen molar-refractivity contribution in [2.75, 3.05) is 5.73 Å². The lowest BCUT2D eigenvalue weighted by Crippen LogP contribution is -2.34. The van der Waals surface area contributed by atoms with Gasteiger partial charge in [-0.3, -0.25) is 0 Å². The van der Waals surface area contributed by atoms with Gasteiger partial charge in [0.15, 0.2) is 5.13 Å². The van der Waals surface area contributed by atoms with Gasteiger partial charge in [0, 0.05) is 5.56 Å². The molecule has 1 aromatic carbocycles. The second kappa shape index (κ2) is 4.87. The number of nitrogen functional groups attached to an aromatic ring is 1. The topological polar surface area (TPSA) is 48.1 Å². The van der Waals surface area contributed by atoms with Crippen molar-refractivity contribution in [3.63, 3.8) is 0 Å². The number of anilines is 1. The maximum Gasteiger partial charge on any atom is 0.416 e. The minimum Gasteiger partial charge on any atom is -0.481 e. The van der Waals surface area contributed by atoms with Crippen molar-refractivity contribution in [2.45, 2.75) is 38.5 Å². The Kier molecular flexibility index (Phi) is 3.36. The number of ether oxygens (including phenoxy) is 1. The van der Waals surface area contributed by atoms with Crippen LogP contribution in [0, 0.1) is 0 Å². The van der Waals surface area contributed by atoms with Crippen molar-refractivity contribution in [3.8, 4) is 17.0 Å². The standard InChI is InChI=1S/C15H15F3N2OS/c1-3-14(4-2)12-11(20-13(19)22-12)9-6-5-8(15(16,17)18)7-10(9)21-14/h5-7H,3-4H2,1-2H3,(H2,19,20). The molecule has 0 atom stereocenters. The lowest BCUT2D eigenvalue weighted by molar-refractivity contribution is -0.137. The van der Waals surface area contributed by atoms with Crippen molar-refractivity contribution in [3.05, 3.63) is 28.6 Å². The molecule has 2 heterocycles. The highest BCUT2D eigenvalue weighted by molar-refractivity contribution is 7.16. The first kappa shape index (κ1) is 15.1. The highest BCUT2D eigenvalue weighted by Crippen LogP contribution is 2.51. The Bertz CT molecular complexity index is 720. The Balaban J connectivity index is 2.23. The molecule has 0 fully saturated rings. The van der Waals surface area contributed by atoms with E-state index in [1.54, 1.807) is 0 Å². The summed E-state index contributed by atoms with van der Waals surface area (Å²) in [4.78, 5) is 5.20. The number of halogens is 3. The van der Waals surface area contributed by atoms with Gasteiger partial charge in [0.25, 0.3) is 0 Å². The van der Waals surface area contributed by atoms with Crippen molar-refractivity contribution >= 4 is 16.5 Å². The molecule has 3 nitrogen and oxygen atoms in total. The summed E-state index contributed by atoms with van der Waals surface area (Å²) in [6.45, 7) is 3.89. The van der Waals surface area contributed by atoms with Crippen LogP contribution >= 0.6 is 11.3 Å². The minimum atomic E-state index is -4.40. The summed E-state index contributed by atoms with van der Waals surface area (Å²) in [6.07, 6.45) is -3.14. The summed E-state index contributed by atoms with van der Waals surface area (Å²) >= 11 is 1.34. The third-order valence-corrected chi connectivity index (χ3v) is 5.14. The maximum absolute atomic E-state index is 12.9. The van der Waals surface area contributed by atoms with Gasteiger partial charge in [-0.05, 0) is 31.0 Å². The van der Waals surface area contributed by atoms with Crippen molar-refractivity contribution in [2.24, 2.45) is 0 Å². The van der Waals surface area contributed by atoms with Gasteiger partial charge in [-0.15, -0.1) is 0 Å². The molecule has 0 spiro atoms. The molecule has 0 unspecified atom stereocenters. The normalized spacial score (nSPS) is 15.9. The van der Waals surface area contributed by atoms with Crippen molar-refractivity contribution in [1.82, 2.24) is 4.98 Å². The number of alkyl halides is 3. The van der Waals surface area contributed by atoms with Crippen molar-refractivity contribution < 1.29 is 17.9 Å². The molecular weight excluding hydrogens is 313 g/mol. The van der Waals surface area contributed by atoms with E-state index in [9.17, 15) is 13.2 Å². The van der Waals surface area contributed by atoms with E-state index < -0.39 is 17.3 Å². The van der Waals surface area contributed by atoms with E-state index >= 15 is 0 Å². The number of hydrogen-bond acceptors (Lipinski definition) is 4. The van der Waals surface area contributed by atoms with Crippen LogP contribution in [0.5, 0.6) is 5.75 Å². The molecule has 2 aromatic rings. The largest absolute Gasteiger partial charge is 0.481 e. The number of fused-ring (bicyclic) bond motifs is 3. The van der Waals surface area contributed by atoms with Gasteiger partial charge < -0.3 is 10.5 Å². The second-order valence-electron chi connectivity index (χ2n) is 5.24. The fraction of sp³-hybridized carbons (Fsp3) is 0.400. The van der Waals surface area contributed by atoms with E-state index in [2.05, 4.69) is 4.98 Å². The summed E-state index contributed by atoms with van der Waals surface area (Å²) in [5.41, 5.74) is 5.63. The molecule has 118 valence electrons. The van der Waals surface area contributed by atoms with Gasteiger partial charge in [-0.1, -0.05) is 25.2 Å². The number of nitrogens with zero attached hydrogens (tertiary/aromatic N) is 1. The summed E-state index contributed by atoms with van der Waals surface area (Å²) < 4.78 is 44.8. The van der Waals surface area contributed by atoms with E-state index in [0.717, 1.165) is 17.0 Å². The van der Waals surface area contributed by atoms with E-state index in [1.165, 1.54) is 17.4 Å². The minimum absolute atomic E-state index is 0.219. The fourth-order valence-electron chi connectivity index (χ4n) is 2.78. The van der Waals surface area contributed by atoms with Crippen LogP contribution in [0.25, 0.3) is 11.3 Å². The zero-order chi connectivity index (χ0) is 16.1. The second-order valence-corrected chi connectivity index (χ2v) is 6.27. The highest BCUT2D eigenvalue weighted by Gasteiger charge is 2.42. The molecule has 3 rings (SSSR count). The molecule has 1 aliphatic heterocycles. The molecule has 1 aliphatic rings. The molecule has 0 bridgehead atoms. The van der Waals surface area contributed by atoms with Gasteiger partial charge in [0.1, 0.15) is 11.4 Å². The third kappa shape index (κ3) is 2.15. The van der Waals surface area contributed by atoms with Gasteiger partial charge in [0.2, 0.25) is 0 Å². The third-order valence-electron chi connectivity index (χ3n) is 4.07. The van der Waals surface area contributed by atoms with Crippen LogP contribution in [0.15, 0.2) is 18.2 Å². The fourth-order valence-corrected chi connectivity index (χ4v) is 3.89. The Morgan fingerprint density at radius 2 is 1.95 bits per heavy atom. The van der Waals surface area contributed by atoms with Crippen LogP contribution in [-0.2, 0) is 11.8 Å². The predicted molar refractivity (Wildman–Crippen MR) is 79.9 cm³/mol. The molecule has 0 saturated carbocycles. The van der Waals surface area contributed by atoms with Gasteiger partial charge in [-0.25, -0.2) is 4.98 Å². The summed E-state index contributed by atoms with van der Waals surface area (Å²) in [5, 5.41) is 0.396. The first-order chi connectivity index (χ1) is 10.3. The number of nitrogens with two attached hydrogens (primary N) is 1. The van der Waals surface area contributed by atoms with E-state index in [0.29, 0.717) is 29.2 Å². The number of aromatic nitrogens is 1. The van der Waals surface area contributed by atoms with E-state index in [-0.39, 0.29) is 5.75 Å². The number of benzene rings is 1. The summed E-state index contributed by atoms with van der Waals surface area (Å²) in [7, 11) is 0. The van der Waals surface area contributed by atoms with Crippen LogP contribution in [0.1, 0.15) is 37.1 Å². The molecule has 1 aromatic heterocycles. The molecule has 22 heavy (non-hydrogen) atoms. The Hall–Kier alpha value is -1.76. The predicted octanol–water partition coefficient (Wildman–Crippen LogP) is 4.82. The Labute approximate surface area is 129 Å². The van der Waals surface area contributed by atoms with Crippen LogP contribution in [-0.4, -0.2) is 4.98 Å². The Morgan fingerprint density at radius 1 is 1.27 bits per heavy atom. The van der Waals surface area contributed by atoms with Crippen LogP contribution < -0.4 is 10.5 Å². The summed E-state index contributed by atoms with van der Waals surface area (Å²) in [6, 6.07) is 3.51. The smallest absolute Gasteiger partial charge is 0.416 e. The van der Waals surface area contributed by atoms with Gasteiger partial charge in [-0.2, -0.15) is 13.2 Å². The van der Waals surface area contributed by atoms with Crippen LogP contribution in [0.2, 0.25) is 0 Å². The lowest BCUT2D eigenvalue weighted by Gasteiger charge is -2.36. The lowest BCUT2D eigenvalue weighted by atomic mass is 9.89. The van der Waals surface area contributed by atoms with Crippen LogP contribution in [0.4, 0.5) is 18.3 Å². The monoisotopic (exact) mass is 328 g/mol. The van der Waals surface area contributed by atoms with Crippen molar-refractivity contribution in [1.29, 1.82) is 0 Å².